The summed E-state index contributed by atoms with van der Waals surface area (Å²) in [6.45, 7) is 1.78. The summed E-state index contributed by atoms with van der Waals surface area (Å²) in [4.78, 5) is 15.6. The predicted octanol–water partition coefficient (Wildman–Crippen LogP) is 1.47. The van der Waals surface area contributed by atoms with Gasteiger partial charge in [0, 0.05) is 12.4 Å². The van der Waals surface area contributed by atoms with E-state index in [1.165, 1.54) is 13.3 Å². The number of ether oxygens (including phenoxy) is 1. The Bertz CT molecular complexity index is 600. The molecule has 110 valence electrons. The molecule has 1 heterocycles. The molecule has 20 heavy (non-hydrogen) atoms. The normalized spacial score (nSPS) is 22.5. The van der Waals surface area contributed by atoms with Crippen molar-refractivity contribution >= 4 is 21.7 Å². The van der Waals surface area contributed by atoms with Gasteiger partial charge in [-0.2, -0.15) is 0 Å². The number of aryl methyl sites for hydroxylation is 1. The van der Waals surface area contributed by atoms with Crippen molar-refractivity contribution in [2.24, 2.45) is 5.92 Å². The van der Waals surface area contributed by atoms with Crippen LogP contribution in [0.4, 0.5) is 5.69 Å². The number of esters is 1. The number of aromatic nitrogens is 1. The molecule has 0 aromatic carbocycles. The van der Waals surface area contributed by atoms with Gasteiger partial charge in [0.1, 0.15) is 0 Å². The molecule has 2 rings (SSSR count). The molecule has 0 radical (unpaired) electrons. The second-order valence-electron chi connectivity index (χ2n) is 4.94. The van der Waals surface area contributed by atoms with Gasteiger partial charge in [0.2, 0.25) is 10.0 Å². The molecule has 1 aromatic heterocycles. The summed E-state index contributed by atoms with van der Waals surface area (Å²) in [5.74, 6) is -1.04. The number of carbonyl (C=O) groups is 1. The van der Waals surface area contributed by atoms with Gasteiger partial charge in [0.15, 0.2) is 0 Å². The third kappa shape index (κ3) is 2.92. The number of nitrogens with one attached hydrogen (secondary N) is 1. The van der Waals surface area contributed by atoms with E-state index in [4.69, 9.17) is 4.74 Å². The summed E-state index contributed by atoms with van der Waals surface area (Å²) in [5, 5.41) is -0.734. The van der Waals surface area contributed by atoms with Crippen molar-refractivity contribution in [3.8, 4) is 0 Å². The molecule has 0 saturated heterocycles. The van der Waals surface area contributed by atoms with Crippen molar-refractivity contribution in [1.29, 1.82) is 0 Å². The number of anilines is 1. The average molecular weight is 298 g/mol. The minimum atomic E-state index is -3.62. The summed E-state index contributed by atoms with van der Waals surface area (Å²) in [7, 11) is -2.34. The summed E-state index contributed by atoms with van der Waals surface area (Å²) < 4.78 is 32.1. The number of rotatable bonds is 4. The number of methoxy groups -OCH3 is 1. The first kappa shape index (κ1) is 14.8. The highest BCUT2D eigenvalue weighted by Gasteiger charge is 2.42. The minimum absolute atomic E-state index is 0.454. The molecule has 2 atom stereocenters. The Balaban J connectivity index is 2.22. The Morgan fingerprint density at radius 2 is 2.20 bits per heavy atom. The molecule has 0 spiro atoms. The van der Waals surface area contributed by atoms with E-state index in [0.717, 1.165) is 5.56 Å². The van der Waals surface area contributed by atoms with Gasteiger partial charge >= 0.3 is 5.97 Å². The molecule has 7 heteroatoms. The molecular weight excluding hydrogens is 280 g/mol. The minimum Gasteiger partial charge on any atom is -0.469 e. The second kappa shape index (κ2) is 5.78. The van der Waals surface area contributed by atoms with E-state index >= 15 is 0 Å². The Kier molecular flexibility index (Phi) is 4.27. The van der Waals surface area contributed by atoms with E-state index < -0.39 is 27.2 Å². The topological polar surface area (TPSA) is 85.4 Å². The highest BCUT2D eigenvalue weighted by Crippen LogP contribution is 2.33. The van der Waals surface area contributed by atoms with Crippen LogP contribution < -0.4 is 4.72 Å². The summed E-state index contributed by atoms with van der Waals surface area (Å²) in [6, 6.07) is 1.61. The number of hydrogen-bond donors (Lipinski definition) is 1. The Morgan fingerprint density at radius 1 is 1.45 bits per heavy atom. The smallest absolute Gasteiger partial charge is 0.310 e. The summed E-state index contributed by atoms with van der Waals surface area (Å²) in [5.41, 5.74) is 1.24. The largest absolute Gasteiger partial charge is 0.469 e. The van der Waals surface area contributed by atoms with Crippen LogP contribution in [0.1, 0.15) is 24.8 Å². The zero-order valence-electron chi connectivity index (χ0n) is 11.5. The average Bonchev–Trinajstić information content (AvgIpc) is 2.90. The molecule has 0 amide bonds. The molecule has 1 N–H and O–H groups in total. The lowest BCUT2D eigenvalue weighted by molar-refractivity contribution is -0.145. The van der Waals surface area contributed by atoms with E-state index in [9.17, 15) is 13.2 Å². The first-order chi connectivity index (χ1) is 9.45. The van der Waals surface area contributed by atoms with Crippen LogP contribution in [-0.2, 0) is 19.6 Å². The number of sulfonamides is 1. The fourth-order valence-electron chi connectivity index (χ4n) is 2.54. The lowest BCUT2D eigenvalue weighted by Crippen LogP contribution is -2.35. The van der Waals surface area contributed by atoms with E-state index in [2.05, 4.69) is 9.71 Å². The zero-order chi connectivity index (χ0) is 14.8. The van der Waals surface area contributed by atoms with Crippen LogP contribution in [0.3, 0.4) is 0 Å². The van der Waals surface area contributed by atoms with Gasteiger partial charge in [-0.05, 0) is 31.4 Å². The van der Waals surface area contributed by atoms with Crippen molar-refractivity contribution in [2.75, 3.05) is 11.8 Å². The van der Waals surface area contributed by atoms with Gasteiger partial charge in [-0.3, -0.25) is 14.5 Å². The number of carbonyl (C=O) groups excluding carboxylic acids is 1. The lowest BCUT2D eigenvalue weighted by Gasteiger charge is -2.19. The Hall–Kier alpha value is -1.63. The molecule has 0 aliphatic heterocycles. The molecule has 1 aromatic rings. The summed E-state index contributed by atoms with van der Waals surface area (Å²) >= 11 is 0. The van der Waals surface area contributed by atoms with Gasteiger partial charge in [0.05, 0.1) is 24.0 Å². The number of pyridine rings is 1. The highest BCUT2D eigenvalue weighted by atomic mass is 32.2. The summed E-state index contributed by atoms with van der Waals surface area (Å²) in [6.07, 6.45) is 4.84. The van der Waals surface area contributed by atoms with Crippen LogP contribution in [0, 0.1) is 12.8 Å². The first-order valence-electron chi connectivity index (χ1n) is 6.46. The van der Waals surface area contributed by atoms with Gasteiger partial charge in [-0.25, -0.2) is 8.42 Å². The van der Waals surface area contributed by atoms with Gasteiger partial charge in [-0.15, -0.1) is 0 Å². The molecule has 1 fully saturated rings. The van der Waals surface area contributed by atoms with Crippen LogP contribution in [0.25, 0.3) is 0 Å². The van der Waals surface area contributed by atoms with Crippen LogP contribution >= 0.6 is 0 Å². The van der Waals surface area contributed by atoms with Crippen LogP contribution in [0.15, 0.2) is 18.5 Å². The maximum Gasteiger partial charge on any atom is 0.310 e. The number of nitrogens with zero attached hydrogens (tertiary/aromatic N) is 1. The third-order valence-electron chi connectivity index (χ3n) is 3.63. The van der Waals surface area contributed by atoms with Crippen molar-refractivity contribution in [3.05, 3.63) is 24.0 Å². The van der Waals surface area contributed by atoms with Crippen molar-refractivity contribution in [2.45, 2.75) is 31.4 Å². The zero-order valence-corrected chi connectivity index (χ0v) is 12.3. The molecule has 1 aliphatic carbocycles. The maximum absolute atomic E-state index is 12.4. The van der Waals surface area contributed by atoms with E-state index in [-0.39, 0.29) is 0 Å². The van der Waals surface area contributed by atoms with E-state index in [1.54, 1.807) is 19.2 Å². The van der Waals surface area contributed by atoms with Gasteiger partial charge < -0.3 is 4.74 Å². The fourth-order valence-corrected chi connectivity index (χ4v) is 4.38. The highest BCUT2D eigenvalue weighted by molar-refractivity contribution is 7.93. The quantitative estimate of drug-likeness (QED) is 0.851. The Morgan fingerprint density at radius 3 is 2.85 bits per heavy atom. The second-order valence-corrected chi connectivity index (χ2v) is 6.84. The predicted molar refractivity (Wildman–Crippen MR) is 74.7 cm³/mol. The van der Waals surface area contributed by atoms with Crippen molar-refractivity contribution in [3.63, 3.8) is 0 Å². The standard InChI is InChI=1S/C13H18N2O4S/c1-9-8-14-7-6-11(9)15-20(17,18)12-5-3-4-10(12)13(16)19-2/h6-8,10,12H,3-5H2,1-2H3,(H,14,15). The molecule has 0 bridgehead atoms. The fraction of sp³-hybridized carbons (Fsp3) is 0.538. The van der Waals surface area contributed by atoms with Gasteiger partial charge in [-0.1, -0.05) is 6.42 Å². The van der Waals surface area contributed by atoms with Gasteiger partial charge in [0.25, 0.3) is 0 Å². The van der Waals surface area contributed by atoms with Crippen LogP contribution in [0.5, 0.6) is 0 Å². The number of hydrogen-bond acceptors (Lipinski definition) is 5. The molecule has 1 aliphatic rings. The third-order valence-corrected chi connectivity index (χ3v) is 5.49. The Labute approximate surface area is 118 Å². The molecule has 2 unspecified atom stereocenters. The monoisotopic (exact) mass is 298 g/mol. The lowest BCUT2D eigenvalue weighted by atomic mass is 10.1. The SMILES string of the molecule is COC(=O)C1CCCC1S(=O)(=O)Nc1ccncc1C. The van der Waals surface area contributed by atoms with Crippen molar-refractivity contribution < 1.29 is 17.9 Å². The van der Waals surface area contributed by atoms with Crippen molar-refractivity contribution in [1.82, 2.24) is 4.98 Å². The van der Waals surface area contributed by atoms with E-state index in [0.29, 0.717) is 24.9 Å². The molecule has 6 nitrogen and oxygen atoms in total. The first-order valence-corrected chi connectivity index (χ1v) is 8.00. The van der Waals surface area contributed by atoms with Crippen LogP contribution in [0.2, 0.25) is 0 Å². The van der Waals surface area contributed by atoms with Crippen LogP contribution in [-0.4, -0.2) is 31.7 Å². The van der Waals surface area contributed by atoms with E-state index in [1.807, 2.05) is 0 Å². The molecular formula is C13H18N2O4S. The molecule has 1 saturated carbocycles. The maximum atomic E-state index is 12.4.